The lowest BCUT2D eigenvalue weighted by molar-refractivity contribution is 0.103. The number of benzene rings is 1. The molecule has 3 rings (SSSR count). The molecule has 0 aromatic heterocycles. The Morgan fingerprint density at radius 1 is 1.32 bits per heavy atom. The van der Waals surface area contributed by atoms with E-state index in [0.29, 0.717) is 22.6 Å². The minimum absolute atomic E-state index is 0.00847. The highest BCUT2D eigenvalue weighted by Crippen LogP contribution is 2.33. The van der Waals surface area contributed by atoms with Gasteiger partial charge in [0.1, 0.15) is 0 Å². The van der Waals surface area contributed by atoms with Crippen LogP contribution in [0.15, 0.2) is 52.6 Å². The van der Waals surface area contributed by atoms with Gasteiger partial charge in [-0.05, 0) is 31.9 Å². The number of carbonyl (C=O) groups excluding carboxylic acids is 1. The summed E-state index contributed by atoms with van der Waals surface area (Å²) in [5.74, 6) is -0.00847. The molecule has 0 bridgehead atoms. The molecule has 0 saturated carbocycles. The van der Waals surface area contributed by atoms with Gasteiger partial charge < -0.3 is 0 Å². The lowest BCUT2D eigenvalue weighted by atomic mass is 9.95. The highest BCUT2D eigenvalue weighted by molar-refractivity contribution is 7.83. The summed E-state index contributed by atoms with van der Waals surface area (Å²) in [4.78, 5) is 13.2. The van der Waals surface area contributed by atoms with Crippen LogP contribution in [0.25, 0.3) is 0 Å². The molecular formula is C15H15NO2S. The van der Waals surface area contributed by atoms with Crippen LogP contribution in [0.5, 0.6) is 0 Å². The van der Waals surface area contributed by atoms with Crippen LogP contribution in [0, 0.1) is 0 Å². The summed E-state index contributed by atoms with van der Waals surface area (Å²) >= 11 is 0. The first-order chi connectivity index (χ1) is 9.24. The predicted molar refractivity (Wildman–Crippen MR) is 75.0 cm³/mol. The Labute approximate surface area is 115 Å². The number of rotatable bonds is 1. The van der Waals surface area contributed by atoms with Crippen molar-refractivity contribution in [2.45, 2.75) is 24.7 Å². The SMILES string of the molecule is CCN1C2=C(C=CCC2)C(=O)c2ccccc2S1=O. The molecule has 98 valence electrons. The summed E-state index contributed by atoms with van der Waals surface area (Å²) in [5.41, 5.74) is 2.19. The third-order valence-electron chi connectivity index (χ3n) is 3.50. The minimum Gasteiger partial charge on any atom is -0.291 e. The summed E-state index contributed by atoms with van der Waals surface area (Å²) in [7, 11) is -1.29. The standard InChI is InChI=1S/C15H15NO2S/c1-2-16-13-9-5-3-7-11(13)15(17)12-8-4-6-10-14(12)19(16)18/h3-4,6-8,10H,2,5,9H2,1H3. The molecule has 1 unspecified atom stereocenters. The highest BCUT2D eigenvalue weighted by atomic mass is 32.2. The van der Waals surface area contributed by atoms with Crippen LogP contribution in [-0.2, 0) is 11.0 Å². The van der Waals surface area contributed by atoms with Crippen molar-refractivity contribution < 1.29 is 9.00 Å². The van der Waals surface area contributed by atoms with Gasteiger partial charge in [-0.3, -0.25) is 9.10 Å². The number of nitrogens with zero attached hydrogens (tertiary/aromatic N) is 1. The second-order valence-corrected chi connectivity index (χ2v) is 5.95. The van der Waals surface area contributed by atoms with E-state index in [2.05, 4.69) is 0 Å². The first-order valence-corrected chi connectivity index (χ1v) is 7.57. The molecule has 1 aliphatic carbocycles. The van der Waals surface area contributed by atoms with E-state index < -0.39 is 11.0 Å². The second kappa shape index (κ2) is 4.78. The van der Waals surface area contributed by atoms with Crippen LogP contribution in [-0.4, -0.2) is 20.8 Å². The lowest BCUT2D eigenvalue weighted by Crippen LogP contribution is -2.26. The summed E-state index contributed by atoms with van der Waals surface area (Å²) in [5, 5.41) is 0. The van der Waals surface area contributed by atoms with Crippen molar-refractivity contribution in [2.24, 2.45) is 0 Å². The summed E-state index contributed by atoms with van der Waals surface area (Å²) in [6, 6.07) is 7.20. The maximum atomic E-state index is 12.7. The van der Waals surface area contributed by atoms with Crippen molar-refractivity contribution in [3.8, 4) is 0 Å². The molecule has 1 aromatic carbocycles. The maximum absolute atomic E-state index is 12.7. The molecule has 0 radical (unpaired) electrons. The van der Waals surface area contributed by atoms with Gasteiger partial charge in [0.2, 0.25) is 0 Å². The molecule has 1 aliphatic heterocycles. The van der Waals surface area contributed by atoms with Gasteiger partial charge >= 0.3 is 0 Å². The van der Waals surface area contributed by atoms with Gasteiger partial charge in [0, 0.05) is 23.4 Å². The zero-order valence-electron chi connectivity index (χ0n) is 10.8. The molecule has 1 atom stereocenters. The van der Waals surface area contributed by atoms with Crippen LogP contribution >= 0.6 is 0 Å². The molecule has 0 saturated heterocycles. The van der Waals surface area contributed by atoms with E-state index in [1.165, 1.54) is 0 Å². The van der Waals surface area contributed by atoms with E-state index in [9.17, 15) is 9.00 Å². The van der Waals surface area contributed by atoms with E-state index in [-0.39, 0.29) is 5.78 Å². The summed E-state index contributed by atoms with van der Waals surface area (Å²) in [6.45, 7) is 2.61. The van der Waals surface area contributed by atoms with Crippen molar-refractivity contribution in [2.75, 3.05) is 6.54 Å². The van der Waals surface area contributed by atoms with Gasteiger partial charge in [-0.1, -0.05) is 24.3 Å². The first-order valence-electron chi connectivity index (χ1n) is 6.47. The van der Waals surface area contributed by atoms with Gasteiger partial charge in [-0.2, -0.15) is 0 Å². The Balaban J connectivity index is 2.26. The normalized spacial score (nSPS) is 22.1. The first kappa shape index (κ1) is 12.4. The lowest BCUT2D eigenvalue weighted by Gasteiger charge is -2.25. The monoisotopic (exact) mass is 273 g/mol. The van der Waals surface area contributed by atoms with Crippen molar-refractivity contribution >= 4 is 16.8 Å². The smallest absolute Gasteiger partial charge is 0.196 e. The predicted octanol–water partition coefficient (Wildman–Crippen LogP) is 2.83. The van der Waals surface area contributed by atoms with Crippen molar-refractivity contribution in [1.29, 1.82) is 0 Å². The second-order valence-electron chi connectivity index (χ2n) is 4.57. The number of allylic oxidation sites excluding steroid dienone is 4. The zero-order valence-corrected chi connectivity index (χ0v) is 11.6. The number of ketones is 1. The van der Waals surface area contributed by atoms with Gasteiger partial charge in [-0.15, -0.1) is 0 Å². The Kier molecular flexibility index (Phi) is 3.11. The molecule has 2 aliphatic rings. The van der Waals surface area contributed by atoms with Gasteiger partial charge in [0.05, 0.1) is 4.90 Å². The molecule has 1 aromatic rings. The van der Waals surface area contributed by atoms with E-state index in [1.54, 1.807) is 12.1 Å². The number of Topliss-reactive ketones (excluding diaryl/α,β-unsaturated/α-hetero) is 1. The van der Waals surface area contributed by atoms with E-state index in [4.69, 9.17) is 0 Å². The van der Waals surface area contributed by atoms with E-state index in [0.717, 1.165) is 18.5 Å². The molecule has 0 fully saturated rings. The average Bonchev–Trinajstić information content (AvgIpc) is 2.55. The molecule has 0 amide bonds. The summed E-state index contributed by atoms with van der Waals surface area (Å²) in [6.07, 6.45) is 5.58. The minimum atomic E-state index is -1.29. The number of fused-ring (bicyclic) bond motifs is 1. The van der Waals surface area contributed by atoms with Crippen LogP contribution in [0.4, 0.5) is 0 Å². The highest BCUT2D eigenvalue weighted by Gasteiger charge is 2.31. The fraction of sp³-hybridized carbons (Fsp3) is 0.267. The van der Waals surface area contributed by atoms with Gasteiger partial charge in [0.15, 0.2) is 16.8 Å². The van der Waals surface area contributed by atoms with Crippen molar-refractivity contribution in [1.82, 2.24) is 4.31 Å². The van der Waals surface area contributed by atoms with Crippen LogP contribution in [0.2, 0.25) is 0 Å². The third kappa shape index (κ3) is 1.87. The Bertz CT molecular complexity index is 631. The van der Waals surface area contributed by atoms with E-state index in [1.807, 2.05) is 35.5 Å². The number of hydrogen-bond donors (Lipinski definition) is 0. The molecule has 0 spiro atoms. The molecule has 19 heavy (non-hydrogen) atoms. The molecule has 0 N–H and O–H groups in total. The van der Waals surface area contributed by atoms with Gasteiger partial charge in [-0.25, -0.2) is 4.21 Å². The maximum Gasteiger partial charge on any atom is 0.196 e. The fourth-order valence-electron chi connectivity index (χ4n) is 2.60. The zero-order chi connectivity index (χ0) is 13.4. The molecule has 1 heterocycles. The van der Waals surface area contributed by atoms with Crippen LogP contribution in [0.3, 0.4) is 0 Å². The average molecular weight is 273 g/mol. The third-order valence-corrected chi connectivity index (χ3v) is 5.11. The van der Waals surface area contributed by atoms with Crippen LogP contribution in [0.1, 0.15) is 30.1 Å². The summed E-state index contributed by atoms with van der Waals surface area (Å²) < 4.78 is 14.5. The topological polar surface area (TPSA) is 37.4 Å². The Morgan fingerprint density at radius 2 is 2.11 bits per heavy atom. The van der Waals surface area contributed by atoms with Crippen LogP contribution < -0.4 is 0 Å². The molecule has 4 heteroatoms. The largest absolute Gasteiger partial charge is 0.291 e. The van der Waals surface area contributed by atoms with Crippen molar-refractivity contribution in [3.63, 3.8) is 0 Å². The molecular weight excluding hydrogens is 258 g/mol. The molecule has 3 nitrogen and oxygen atoms in total. The number of carbonyl (C=O) groups is 1. The van der Waals surface area contributed by atoms with Crippen molar-refractivity contribution in [3.05, 3.63) is 53.3 Å². The fourth-order valence-corrected chi connectivity index (χ4v) is 4.00. The van der Waals surface area contributed by atoms with E-state index >= 15 is 0 Å². The Morgan fingerprint density at radius 3 is 2.89 bits per heavy atom. The number of hydrogen-bond acceptors (Lipinski definition) is 2. The quantitative estimate of drug-likeness (QED) is 0.789. The van der Waals surface area contributed by atoms with Gasteiger partial charge in [0.25, 0.3) is 0 Å². The Hall–Kier alpha value is -1.68.